The molecule has 234 valence electrons. The molecule has 0 saturated heterocycles. The van der Waals surface area contributed by atoms with Gasteiger partial charge in [0.1, 0.15) is 28.7 Å². The zero-order chi connectivity index (χ0) is 33.1. The predicted octanol–water partition coefficient (Wildman–Crippen LogP) is 10.3. The van der Waals surface area contributed by atoms with Gasteiger partial charge in [-0.05, 0) is 113 Å². The van der Waals surface area contributed by atoms with Crippen LogP contribution in [0.3, 0.4) is 0 Å². The molecule has 0 saturated carbocycles. The largest absolute Gasteiger partial charge is 0.497 e. The molecule has 0 aliphatic rings. The Morgan fingerprint density at radius 3 is 1.00 bits per heavy atom. The number of ketones is 2. The van der Waals surface area contributed by atoms with Gasteiger partial charge in [0.2, 0.25) is 0 Å². The summed E-state index contributed by atoms with van der Waals surface area (Å²) in [6, 6.07) is 34.8. The van der Waals surface area contributed by atoms with Crippen LogP contribution in [0.4, 0.5) is 0 Å². The molecule has 0 aliphatic heterocycles. The predicted molar refractivity (Wildman–Crippen MR) is 183 cm³/mol. The number of carbonyl (C=O) groups is 2. The van der Waals surface area contributed by atoms with Gasteiger partial charge in [-0.2, -0.15) is 0 Å². The van der Waals surface area contributed by atoms with Crippen LogP contribution >= 0.6 is 0 Å². The fourth-order valence-corrected chi connectivity index (χ4v) is 4.98. The maximum atomic E-state index is 13.5. The summed E-state index contributed by atoms with van der Waals surface area (Å²) in [6.45, 7) is 13.0. The van der Waals surface area contributed by atoms with E-state index in [1.807, 2.05) is 24.3 Å². The molecule has 0 radical (unpaired) electrons. The molecular formula is C41H40O5. The third kappa shape index (κ3) is 7.73. The third-order valence-electron chi connectivity index (χ3n) is 7.81. The summed E-state index contributed by atoms with van der Waals surface area (Å²) >= 11 is 0. The van der Waals surface area contributed by atoms with Gasteiger partial charge in [0.05, 0.1) is 7.11 Å². The average molecular weight is 613 g/mol. The first-order valence-corrected chi connectivity index (χ1v) is 15.4. The van der Waals surface area contributed by atoms with Gasteiger partial charge in [-0.1, -0.05) is 65.8 Å². The highest BCUT2D eigenvalue weighted by molar-refractivity contribution is 6.13. The second-order valence-electron chi connectivity index (χ2n) is 13.4. The molecule has 46 heavy (non-hydrogen) atoms. The lowest BCUT2D eigenvalue weighted by molar-refractivity contribution is 0.103. The van der Waals surface area contributed by atoms with Crippen LogP contribution in [0.1, 0.15) is 84.5 Å². The summed E-state index contributed by atoms with van der Waals surface area (Å²) in [5, 5.41) is 0. The smallest absolute Gasteiger partial charge is 0.193 e. The van der Waals surface area contributed by atoms with Crippen molar-refractivity contribution in [1.82, 2.24) is 0 Å². The van der Waals surface area contributed by atoms with Crippen LogP contribution in [-0.2, 0) is 10.8 Å². The van der Waals surface area contributed by atoms with Gasteiger partial charge in [0.25, 0.3) is 0 Å². The summed E-state index contributed by atoms with van der Waals surface area (Å²) in [7, 11) is 1.51. The van der Waals surface area contributed by atoms with Gasteiger partial charge in [0, 0.05) is 22.3 Å². The molecule has 5 aromatic rings. The SMILES string of the molecule is COc1cc(C(=O)c2ccc(Oc3ccc(C(C)(C)C)cc3)cc2)cc(C(=O)c2ccc(Oc3ccc(C(C)(C)C)cc3)cc2)c1. The second-order valence-corrected chi connectivity index (χ2v) is 13.4. The number of carbonyl (C=O) groups excluding carboxylic acids is 2. The normalized spacial score (nSPS) is 11.5. The minimum Gasteiger partial charge on any atom is -0.497 e. The second kappa shape index (κ2) is 13.1. The van der Waals surface area contributed by atoms with Crippen LogP contribution in [0, 0.1) is 0 Å². The number of rotatable bonds is 9. The van der Waals surface area contributed by atoms with Gasteiger partial charge < -0.3 is 14.2 Å². The van der Waals surface area contributed by atoms with Crippen molar-refractivity contribution in [2.24, 2.45) is 0 Å². The van der Waals surface area contributed by atoms with Crippen molar-refractivity contribution >= 4 is 11.6 Å². The fourth-order valence-electron chi connectivity index (χ4n) is 4.98. The van der Waals surface area contributed by atoms with Crippen LogP contribution < -0.4 is 14.2 Å². The summed E-state index contributed by atoms with van der Waals surface area (Å²) in [5.41, 5.74) is 4.22. The Balaban J connectivity index is 1.28. The minimum absolute atomic E-state index is 0.0600. The summed E-state index contributed by atoms with van der Waals surface area (Å²) < 4.78 is 17.4. The minimum atomic E-state index is -0.227. The van der Waals surface area contributed by atoms with Crippen molar-refractivity contribution < 1.29 is 23.8 Å². The van der Waals surface area contributed by atoms with Gasteiger partial charge in [-0.15, -0.1) is 0 Å². The molecule has 5 rings (SSSR count). The molecule has 0 N–H and O–H groups in total. The fraction of sp³-hybridized carbons (Fsp3) is 0.220. The molecule has 0 heterocycles. The maximum absolute atomic E-state index is 13.5. The monoisotopic (exact) mass is 612 g/mol. The van der Waals surface area contributed by atoms with E-state index < -0.39 is 0 Å². The molecule has 0 aliphatic carbocycles. The Kier molecular flexibility index (Phi) is 9.15. The lowest BCUT2D eigenvalue weighted by atomic mass is 9.87. The van der Waals surface area contributed by atoms with E-state index in [2.05, 4.69) is 65.8 Å². The Morgan fingerprint density at radius 2 is 0.717 bits per heavy atom. The molecule has 0 bridgehead atoms. The molecule has 0 spiro atoms. The van der Waals surface area contributed by atoms with Crippen LogP contribution in [0.5, 0.6) is 28.7 Å². The van der Waals surface area contributed by atoms with Crippen LogP contribution in [0.2, 0.25) is 0 Å². The number of hydrogen-bond donors (Lipinski definition) is 0. The van der Waals surface area contributed by atoms with Gasteiger partial charge >= 0.3 is 0 Å². The molecule has 5 nitrogen and oxygen atoms in total. The Labute approximate surface area is 271 Å². The highest BCUT2D eigenvalue weighted by Crippen LogP contribution is 2.30. The van der Waals surface area contributed by atoms with Gasteiger partial charge in [0.15, 0.2) is 11.6 Å². The van der Waals surface area contributed by atoms with Crippen molar-refractivity contribution in [3.05, 3.63) is 149 Å². The maximum Gasteiger partial charge on any atom is 0.193 e. The van der Waals surface area contributed by atoms with E-state index >= 15 is 0 Å². The standard InChI is InChI=1S/C41H40O5/c1-40(2,3)31-12-20-35(21-13-31)45-33-16-8-27(9-17-33)38(42)29-24-30(26-37(25-29)44-7)39(43)28-10-18-34(19-11-28)46-36-22-14-32(15-23-36)41(4,5)6/h8-26H,1-7H3. The van der Waals surface area contributed by atoms with Crippen LogP contribution in [0.25, 0.3) is 0 Å². The van der Waals surface area contributed by atoms with E-state index in [0.717, 1.165) is 11.5 Å². The van der Waals surface area contributed by atoms with E-state index in [9.17, 15) is 9.59 Å². The third-order valence-corrected chi connectivity index (χ3v) is 7.81. The highest BCUT2D eigenvalue weighted by atomic mass is 16.5. The lowest BCUT2D eigenvalue weighted by Gasteiger charge is -2.19. The number of ether oxygens (including phenoxy) is 3. The van der Waals surface area contributed by atoms with Crippen molar-refractivity contribution in [2.75, 3.05) is 7.11 Å². The highest BCUT2D eigenvalue weighted by Gasteiger charge is 2.18. The van der Waals surface area contributed by atoms with E-state index in [1.54, 1.807) is 66.7 Å². The molecule has 0 unspecified atom stereocenters. The quantitative estimate of drug-likeness (QED) is 0.155. The number of benzene rings is 5. The number of hydrogen-bond acceptors (Lipinski definition) is 5. The first-order chi connectivity index (χ1) is 21.8. The molecule has 0 fully saturated rings. The zero-order valence-corrected chi connectivity index (χ0v) is 27.5. The molecule has 0 amide bonds. The Morgan fingerprint density at radius 1 is 0.413 bits per heavy atom. The lowest BCUT2D eigenvalue weighted by Crippen LogP contribution is -2.10. The Bertz CT molecular complexity index is 1690. The van der Waals surface area contributed by atoms with Crippen LogP contribution in [-0.4, -0.2) is 18.7 Å². The van der Waals surface area contributed by atoms with E-state index in [0.29, 0.717) is 39.5 Å². The van der Waals surface area contributed by atoms with Gasteiger partial charge in [-0.25, -0.2) is 0 Å². The van der Waals surface area contributed by atoms with Crippen molar-refractivity contribution in [3.8, 4) is 28.7 Å². The molecule has 0 atom stereocenters. The zero-order valence-electron chi connectivity index (χ0n) is 27.5. The first-order valence-electron chi connectivity index (χ1n) is 15.4. The number of methoxy groups -OCH3 is 1. The summed E-state index contributed by atoms with van der Waals surface area (Å²) in [4.78, 5) is 27.0. The van der Waals surface area contributed by atoms with E-state index in [-0.39, 0.29) is 22.4 Å². The van der Waals surface area contributed by atoms with E-state index in [1.165, 1.54) is 18.2 Å². The van der Waals surface area contributed by atoms with Gasteiger partial charge in [-0.3, -0.25) is 9.59 Å². The topological polar surface area (TPSA) is 61.8 Å². The molecule has 5 aromatic carbocycles. The molecular weight excluding hydrogens is 572 g/mol. The molecule has 0 aromatic heterocycles. The summed E-state index contributed by atoms with van der Waals surface area (Å²) in [5.74, 6) is 2.65. The van der Waals surface area contributed by atoms with E-state index in [4.69, 9.17) is 14.2 Å². The average Bonchev–Trinajstić information content (AvgIpc) is 3.04. The summed E-state index contributed by atoms with van der Waals surface area (Å²) in [6.07, 6.45) is 0. The Hall–Kier alpha value is -5.16. The first kappa shape index (κ1) is 32.2. The van der Waals surface area contributed by atoms with Crippen LogP contribution in [0.15, 0.2) is 115 Å². The van der Waals surface area contributed by atoms with Crippen molar-refractivity contribution in [1.29, 1.82) is 0 Å². The van der Waals surface area contributed by atoms with Crippen molar-refractivity contribution in [2.45, 2.75) is 52.4 Å². The van der Waals surface area contributed by atoms with Crippen molar-refractivity contribution in [3.63, 3.8) is 0 Å². The molecule has 5 heteroatoms.